The smallest absolute Gasteiger partial charge is 0.139 e. The van der Waals surface area contributed by atoms with Crippen molar-refractivity contribution < 1.29 is 4.79 Å². The molecule has 0 radical (unpaired) electrons. The van der Waals surface area contributed by atoms with E-state index in [0.29, 0.717) is 12.6 Å². The van der Waals surface area contributed by atoms with Crippen LogP contribution in [-0.4, -0.2) is 38.7 Å². The minimum atomic E-state index is 0.343. The number of carbonyl (C=O) groups excluding carboxylic acids is 1. The van der Waals surface area contributed by atoms with Gasteiger partial charge >= 0.3 is 0 Å². The Morgan fingerprint density at radius 2 is 2.24 bits per heavy atom. The Balaban J connectivity index is 1.77. The van der Waals surface area contributed by atoms with E-state index in [1.54, 1.807) is 6.20 Å². The average Bonchev–Trinajstić information content (AvgIpc) is 3.25. The molecule has 0 amide bonds. The summed E-state index contributed by atoms with van der Waals surface area (Å²) in [7, 11) is 2.15. The molecular weight excluding hydrogens is 314 g/mol. The van der Waals surface area contributed by atoms with Crippen molar-refractivity contribution in [2.75, 3.05) is 11.9 Å². The Kier molecular flexibility index (Phi) is 4.03. The van der Waals surface area contributed by atoms with Gasteiger partial charge in [-0.1, -0.05) is 0 Å². The molecule has 4 rings (SSSR count). The number of aryl methyl sites for hydroxylation is 3. The second kappa shape index (κ2) is 6.35. The van der Waals surface area contributed by atoms with Crippen LogP contribution in [0.1, 0.15) is 24.7 Å². The predicted octanol–water partition coefficient (Wildman–Crippen LogP) is 2.45. The number of aldehydes is 1. The van der Waals surface area contributed by atoms with Crippen LogP contribution in [0.3, 0.4) is 0 Å². The highest BCUT2D eigenvalue weighted by molar-refractivity contribution is 5.86. The molecule has 1 aromatic carbocycles. The quantitative estimate of drug-likeness (QED) is 0.671. The molecule has 0 spiro atoms. The fourth-order valence-corrected chi connectivity index (χ4v) is 3.76. The highest BCUT2D eigenvalue weighted by atomic mass is 16.1. The third-order valence-corrected chi connectivity index (χ3v) is 5.31. The summed E-state index contributed by atoms with van der Waals surface area (Å²) in [6.07, 6.45) is 7.60. The Morgan fingerprint density at radius 3 is 3.00 bits per heavy atom. The second-order valence-corrected chi connectivity index (χ2v) is 6.75. The number of benzene rings is 1. The highest BCUT2D eigenvalue weighted by Crippen LogP contribution is 2.35. The van der Waals surface area contributed by atoms with Gasteiger partial charge in [-0.15, -0.1) is 0 Å². The highest BCUT2D eigenvalue weighted by Gasteiger charge is 2.24. The van der Waals surface area contributed by atoms with Gasteiger partial charge in [-0.3, -0.25) is 4.68 Å². The van der Waals surface area contributed by atoms with Gasteiger partial charge in [0.05, 0.1) is 17.6 Å². The van der Waals surface area contributed by atoms with E-state index in [1.807, 2.05) is 21.5 Å². The maximum atomic E-state index is 11.2. The van der Waals surface area contributed by atoms with Crippen molar-refractivity contribution in [3.63, 3.8) is 0 Å². The molecule has 6 heteroatoms. The summed E-state index contributed by atoms with van der Waals surface area (Å²) >= 11 is 0. The number of imidazole rings is 1. The van der Waals surface area contributed by atoms with E-state index in [1.165, 1.54) is 11.3 Å². The summed E-state index contributed by atoms with van der Waals surface area (Å²) in [6.45, 7) is 3.36. The molecule has 1 aliphatic rings. The first-order chi connectivity index (χ1) is 12.2. The molecule has 3 heterocycles. The third-order valence-electron chi connectivity index (χ3n) is 5.31. The summed E-state index contributed by atoms with van der Waals surface area (Å²) in [4.78, 5) is 18.5. The molecule has 0 saturated heterocycles. The van der Waals surface area contributed by atoms with Gasteiger partial charge in [0.25, 0.3) is 0 Å². The first-order valence-electron chi connectivity index (χ1n) is 8.84. The van der Waals surface area contributed by atoms with Gasteiger partial charge < -0.3 is 14.3 Å². The molecule has 1 unspecified atom stereocenters. The van der Waals surface area contributed by atoms with Gasteiger partial charge in [-0.25, -0.2) is 4.98 Å². The van der Waals surface area contributed by atoms with E-state index < -0.39 is 0 Å². The number of carbonyl (C=O) groups is 1. The van der Waals surface area contributed by atoms with Gasteiger partial charge in [0, 0.05) is 49.7 Å². The second-order valence-electron chi connectivity index (χ2n) is 6.75. The summed E-state index contributed by atoms with van der Waals surface area (Å²) in [5.74, 6) is 0.951. The van der Waals surface area contributed by atoms with Crippen LogP contribution in [-0.2, 0) is 30.7 Å². The van der Waals surface area contributed by atoms with E-state index in [9.17, 15) is 4.79 Å². The van der Waals surface area contributed by atoms with Crippen LogP contribution in [0.25, 0.3) is 11.0 Å². The average molecular weight is 337 g/mol. The molecule has 1 aliphatic heterocycles. The van der Waals surface area contributed by atoms with Crippen LogP contribution in [0.2, 0.25) is 0 Å². The van der Waals surface area contributed by atoms with Crippen LogP contribution in [0.15, 0.2) is 30.6 Å². The van der Waals surface area contributed by atoms with Gasteiger partial charge in [0.15, 0.2) is 0 Å². The lowest BCUT2D eigenvalue weighted by molar-refractivity contribution is -0.108. The summed E-state index contributed by atoms with van der Waals surface area (Å²) in [5.41, 5.74) is 4.68. The number of aromatic nitrogens is 4. The lowest BCUT2D eigenvalue weighted by Crippen LogP contribution is -2.33. The SMILES string of the molecule is CC1CCc2c(ccc3c2nc(CCn2cccn2)n3CC=O)N1C. The maximum Gasteiger partial charge on any atom is 0.139 e. The van der Waals surface area contributed by atoms with Crippen molar-refractivity contribution in [2.24, 2.45) is 0 Å². The predicted molar refractivity (Wildman–Crippen MR) is 97.9 cm³/mol. The van der Waals surface area contributed by atoms with Crippen LogP contribution in [0, 0.1) is 0 Å². The van der Waals surface area contributed by atoms with Crippen molar-refractivity contribution >= 4 is 23.0 Å². The summed E-state index contributed by atoms with van der Waals surface area (Å²) < 4.78 is 3.94. The fourth-order valence-electron chi connectivity index (χ4n) is 3.76. The van der Waals surface area contributed by atoms with Gasteiger partial charge in [-0.05, 0) is 38.0 Å². The number of hydrogen-bond acceptors (Lipinski definition) is 4. The zero-order valence-corrected chi connectivity index (χ0v) is 14.7. The lowest BCUT2D eigenvalue weighted by atomic mass is 9.96. The Morgan fingerprint density at radius 1 is 1.36 bits per heavy atom. The Hall–Kier alpha value is -2.63. The topological polar surface area (TPSA) is 56.0 Å². The normalized spacial score (nSPS) is 17.0. The number of rotatable bonds is 5. The van der Waals surface area contributed by atoms with E-state index in [0.717, 1.165) is 49.0 Å². The minimum Gasteiger partial charge on any atom is -0.372 e. The third kappa shape index (κ3) is 2.71. The maximum absolute atomic E-state index is 11.2. The van der Waals surface area contributed by atoms with Crippen LogP contribution in [0.5, 0.6) is 0 Å². The molecule has 6 nitrogen and oxygen atoms in total. The van der Waals surface area contributed by atoms with Gasteiger partial charge in [0.1, 0.15) is 12.1 Å². The molecule has 1 atom stereocenters. The molecule has 0 fully saturated rings. The van der Waals surface area contributed by atoms with Crippen molar-refractivity contribution in [3.05, 3.63) is 42.0 Å². The van der Waals surface area contributed by atoms with E-state index in [4.69, 9.17) is 4.98 Å². The monoisotopic (exact) mass is 337 g/mol. The first-order valence-corrected chi connectivity index (χ1v) is 8.84. The molecule has 130 valence electrons. The molecular formula is C19H23N5O. The standard InChI is InChI=1S/C19H23N5O/c1-14-4-5-15-16(22(14)2)6-7-17-19(15)21-18(24(17)12-13-25)8-11-23-10-3-9-20-23/h3,6-7,9-10,13-14H,4-5,8,11-12H2,1-2H3. The Bertz CT molecular complexity index is 896. The molecule has 0 N–H and O–H groups in total. The van der Waals surface area contributed by atoms with Crippen LogP contribution < -0.4 is 4.90 Å². The molecule has 0 bridgehead atoms. The van der Waals surface area contributed by atoms with Crippen molar-refractivity contribution in [2.45, 2.75) is 45.3 Å². The zero-order valence-electron chi connectivity index (χ0n) is 14.7. The number of fused-ring (bicyclic) bond motifs is 3. The van der Waals surface area contributed by atoms with Gasteiger partial charge in [0.2, 0.25) is 0 Å². The van der Waals surface area contributed by atoms with Crippen LogP contribution in [0.4, 0.5) is 5.69 Å². The number of nitrogens with zero attached hydrogens (tertiary/aromatic N) is 5. The van der Waals surface area contributed by atoms with Crippen molar-refractivity contribution in [3.8, 4) is 0 Å². The zero-order chi connectivity index (χ0) is 17.4. The molecule has 3 aromatic rings. The summed E-state index contributed by atoms with van der Waals surface area (Å²) in [6, 6.07) is 6.74. The minimum absolute atomic E-state index is 0.343. The fraction of sp³-hybridized carbons (Fsp3) is 0.421. The lowest BCUT2D eigenvalue weighted by Gasteiger charge is -2.33. The van der Waals surface area contributed by atoms with E-state index in [2.05, 4.69) is 36.1 Å². The Labute approximate surface area is 147 Å². The summed E-state index contributed by atoms with van der Waals surface area (Å²) in [5, 5.41) is 4.25. The molecule has 25 heavy (non-hydrogen) atoms. The van der Waals surface area contributed by atoms with Gasteiger partial charge in [-0.2, -0.15) is 5.10 Å². The van der Waals surface area contributed by atoms with E-state index >= 15 is 0 Å². The van der Waals surface area contributed by atoms with Crippen molar-refractivity contribution in [1.82, 2.24) is 19.3 Å². The molecule has 0 saturated carbocycles. The number of anilines is 1. The first kappa shape index (κ1) is 15.9. The number of hydrogen-bond donors (Lipinski definition) is 0. The molecule has 0 aliphatic carbocycles. The van der Waals surface area contributed by atoms with Crippen LogP contribution >= 0.6 is 0 Å². The van der Waals surface area contributed by atoms with Crippen molar-refractivity contribution in [1.29, 1.82) is 0 Å². The van der Waals surface area contributed by atoms with E-state index in [-0.39, 0.29) is 0 Å². The molecule has 2 aromatic heterocycles. The largest absolute Gasteiger partial charge is 0.372 e.